The summed E-state index contributed by atoms with van der Waals surface area (Å²) in [5.74, 6) is 0.413. The van der Waals surface area contributed by atoms with E-state index in [1.54, 1.807) is 24.5 Å². The van der Waals surface area contributed by atoms with Gasteiger partial charge in [-0.2, -0.15) is 0 Å². The van der Waals surface area contributed by atoms with Crippen LogP contribution < -0.4 is 10.1 Å². The molecule has 0 saturated carbocycles. The van der Waals surface area contributed by atoms with Crippen LogP contribution in [0.4, 0.5) is 4.39 Å². The van der Waals surface area contributed by atoms with Gasteiger partial charge in [0.25, 0.3) is 0 Å². The molecule has 0 spiro atoms. The van der Waals surface area contributed by atoms with Gasteiger partial charge in [-0.05, 0) is 37.7 Å². The van der Waals surface area contributed by atoms with Gasteiger partial charge in [-0.25, -0.2) is 4.39 Å². The van der Waals surface area contributed by atoms with Gasteiger partial charge in [0, 0.05) is 18.3 Å². The molecule has 0 unspecified atom stereocenters. The summed E-state index contributed by atoms with van der Waals surface area (Å²) in [5, 5.41) is 3.03. The minimum atomic E-state index is -0.375. The number of aromatic nitrogens is 1. The first-order valence-electron chi connectivity index (χ1n) is 5.72. The summed E-state index contributed by atoms with van der Waals surface area (Å²) < 4.78 is 19.2. The second kappa shape index (κ2) is 5.60. The predicted octanol–water partition coefficient (Wildman–Crippen LogP) is 3.04. The van der Waals surface area contributed by atoms with Crippen LogP contribution in [0, 0.1) is 12.7 Å². The van der Waals surface area contributed by atoms with Crippen LogP contribution in [0.15, 0.2) is 36.7 Å². The molecule has 1 aromatic heterocycles. The molecular weight excluding hydrogens is 231 g/mol. The van der Waals surface area contributed by atoms with Gasteiger partial charge in [0.2, 0.25) is 0 Å². The number of halogens is 1. The molecule has 4 heteroatoms. The number of nitrogens with one attached hydrogen (secondary N) is 1. The van der Waals surface area contributed by atoms with Gasteiger partial charge in [-0.15, -0.1) is 0 Å². The summed E-state index contributed by atoms with van der Waals surface area (Å²) in [6.45, 7) is 2.54. The minimum Gasteiger partial charge on any atom is -0.452 e. The lowest BCUT2D eigenvalue weighted by atomic mass is 10.2. The molecule has 1 N–H and O–H groups in total. The van der Waals surface area contributed by atoms with Gasteiger partial charge < -0.3 is 10.1 Å². The van der Waals surface area contributed by atoms with Crippen LogP contribution in [0.25, 0.3) is 0 Å². The Morgan fingerprint density at radius 1 is 1.28 bits per heavy atom. The zero-order valence-electron chi connectivity index (χ0n) is 10.4. The zero-order valence-corrected chi connectivity index (χ0v) is 10.4. The number of benzene rings is 1. The van der Waals surface area contributed by atoms with E-state index in [0.29, 0.717) is 12.3 Å². The molecule has 0 aliphatic heterocycles. The molecular formula is C14H15FN2O. The Bertz CT molecular complexity index is 543. The number of ether oxygens (including phenoxy) is 1. The highest BCUT2D eigenvalue weighted by molar-refractivity contribution is 5.37. The number of nitrogens with zero attached hydrogens (tertiary/aromatic N) is 1. The summed E-state index contributed by atoms with van der Waals surface area (Å²) >= 11 is 0. The average Bonchev–Trinajstić information content (AvgIpc) is 2.36. The molecule has 2 aromatic rings. The number of hydrogen-bond acceptors (Lipinski definition) is 3. The van der Waals surface area contributed by atoms with Crippen LogP contribution in [0.3, 0.4) is 0 Å². The molecule has 0 fully saturated rings. The summed E-state index contributed by atoms with van der Waals surface area (Å²) in [4.78, 5) is 4.00. The van der Waals surface area contributed by atoms with Crippen molar-refractivity contribution in [2.24, 2.45) is 0 Å². The topological polar surface area (TPSA) is 34.2 Å². The van der Waals surface area contributed by atoms with E-state index in [4.69, 9.17) is 4.74 Å². The van der Waals surface area contributed by atoms with Gasteiger partial charge in [0.05, 0.1) is 6.20 Å². The van der Waals surface area contributed by atoms with Crippen molar-refractivity contribution in [3.63, 3.8) is 0 Å². The van der Waals surface area contributed by atoms with Gasteiger partial charge in [0.15, 0.2) is 11.6 Å². The molecule has 0 atom stereocenters. The third kappa shape index (κ3) is 2.84. The smallest absolute Gasteiger partial charge is 0.165 e. The zero-order chi connectivity index (χ0) is 13.0. The second-order valence-corrected chi connectivity index (χ2v) is 4.05. The van der Waals surface area contributed by atoms with Gasteiger partial charge in [0.1, 0.15) is 5.75 Å². The fourth-order valence-electron chi connectivity index (χ4n) is 1.64. The van der Waals surface area contributed by atoms with E-state index in [-0.39, 0.29) is 11.6 Å². The van der Waals surface area contributed by atoms with E-state index >= 15 is 0 Å². The standard InChI is InChI=1S/C14H15FN2O/c1-10-3-4-12(15)13(7-10)18-14-9-17-6-5-11(14)8-16-2/h3-7,9,16H,8H2,1-2H3. The van der Waals surface area contributed by atoms with Crippen molar-refractivity contribution in [2.75, 3.05) is 7.05 Å². The fraction of sp³-hybridized carbons (Fsp3) is 0.214. The Hall–Kier alpha value is -1.94. The van der Waals surface area contributed by atoms with Crippen molar-refractivity contribution in [3.05, 3.63) is 53.6 Å². The van der Waals surface area contributed by atoms with E-state index < -0.39 is 0 Å². The van der Waals surface area contributed by atoms with Crippen molar-refractivity contribution >= 4 is 0 Å². The molecule has 1 aromatic carbocycles. The molecule has 0 aliphatic rings. The summed E-state index contributed by atoms with van der Waals surface area (Å²) in [7, 11) is 1.84. The maximum Gasteiger partial charge on any atom is 0.165 e. The van der Waals surface area contributed by atoms with Crippen LogP contribution in [0.2, 0.25) is 0 Å². The summed E-state index contributed by atoms with van der Waals surface area (Å²) in [6.07, 6.45) is 3.28. The third-order valence-electron chi connectivity index (χ3n) is 2.54. The summed E-state index contributed by atoms with van der Waals surface area (Å²) in [5.41, 5.74) is 1.89. The van der Waals surface area contributed by atoms with E-state index in [1.165, 1.54) is 6.07 Å². The second-order valence-electron chi connectivity index (χ2n) is 4.05. The molecule has 0 radical (unpaired) electrons. The van der Waals surface area contributed by atoms with E-state index in [2.05, 4.69) is 10.3 Å². The highest BCUT2D eigenvalue weighted by atomic mass is 19.1. The molecule has 0 bridgehead atoms. The first kappa shape index (κ1) is 12.5. The number of rotatable bonds is 4. The van der Waals surface area contributed by atoms with Crippen molar-refractivity contribution in [1.29, 1.82) is 0 Å². The van der Waals surface area contributed by atoms with Crippen LogP contribution in [0.1, 0.15) is 11.1 Å². The quantitative estimate of drug-likeness (QED) is 0.900. The predicted molar refractivity (Wildman–Crippen MR) is 68.2 cm³/mol. The van der Waals surface area contributed by atoms with Crippen molar-refractivity contribution < 1.29 is 9.13 Å². The maximum atomic E-state index is 13.6. The lowest BCUT2D eigenvalue weighted by Gasteiger charge is -2.11. The van der Waals surface area contributed by atoms with E-state index in [1.807, 2.05) is 20.0 Å². The third-order valence-corrected chi connectivity index (χ3v) is 2.54. The first-order chi connectivity index (χ1) is 8.70. The molecule has 0 amide bonds. The highest BCUT2D eigenvalue weighted by Gasteiger charge is 2.08. The van der Waals surface area contributed by atoms with Crippen molar-refractivity contribution in [2.45, 2.75) is 13.5 Å². The van der Waals surface area contributed by atoms with Crippen LogP contribution >= 0.6 is 0 Å². The average molecular weight is 246 g/mol. The van der Waals surface area contributed by atoms with Crippen LogP contribution in [-0.4, -0.2) is 12.0 Å². The largest absolute Gasteiger partial charge is 0.452 e. The Labute approximate surface area is 106 Å². The molecule has 3 nitrogen and oxygen atoms in total. The monoisotopic (exact) mass is 246 g/mol. The van der Waals surface area contributed by atoms with E-state index in [9.17, 15) is 4.39 Å². The summed E-state index contributed by atoms with van der Waals surface area (Å²) in [6, 6.07) is 6.63. The normalized spacial score (nSPS) is 10.4. The van der Waals surface area contributed by atoms with Crippen molar-refractivity contribution in [3.8, 4) is 11.5 Å². The first-order valence-corrected chi connectivity index (χ1v) is 5.72. The Morgan fingerprint density at radius 2 is 2.11 bits per heavy atom. The highest BCUT2D eigenvalue weighted by Crippen LogP contribution is 2.27. The van der Waals surface area contributed by atoms with Gasteiger partial charge in [-0.1, -0.05) is 6.07 Å². The lowest BCUT2D eigenvalue weighted by molar-refractivity contribution is 0.434. The van der Waals surface area contributed by atoms with Crippen molar-refractivity contribution in [1.82, 2.24) is 10.3 Å². The van der Waals surface area contributed by atoms with E-state index in [0.717, 1.165) is 11.1 Å². The maximum absolute atomic E-state index is 13.6. The van der Waals surface area contributed by atoms with Crippen LogP contribution in [-0.2, 0) is 6.54 Å². The molecule has 94 valence electrons. The molecule has 18 heavy (non-hydrogen) atoms. The SMILES string of the molecule is CNCc1ccncc1Oc1cc(C)ccc1F. The lowest BCUT2D eigenvalue weighted by Crippen LogP contribution is -2.06. The number of hydrogen-bond donors (Lipinski definition) is 1. The molecule has 1 heterocycles. The fourth-order valence-corrected chi connectivity index (χ4v) is 1.64. The Kier molecular flexibility index (Phi) is 3.89. The molecule has 2 rings (SSSR count). The minimum absolute atomic E-state index is 0.223. The molecule has 0 saturated heterocycles. The Balaban J connectivity index is 2.30. The Morgan fingerprint density at radius 3 is 2.89 bits per heavy atom. The van der Waals surface area contributed by atoms with Crippen LogP contribution in [0.5, 0.6) is 11.5 Å². The number of aryl methyl sites for hydroxylation is 1. The number of pyridine rings is 1. The van der Waals surface area contributed by atoms with Gasteiger partial charge in [-0.3, -0.25) is 4.98 Å². The molecule has 0 aliphatic carbocycles. The van der Waals surface area contributed by atoms with Gasteiger partial charge >= 0.3 is 0 Å².